The summed E-state index contributed by atoms with van der Waals surface area (Å²) in [5.41, 5.74) is 0.595. The number of ether oxygens (including phenoxy) is 1. The highest BCUT2D eigenvalue weighted by atomic mass is 32.2. The number of halogens is 2. The van der Waals surface area contributed by atoms with Crippen LogP contribution in [0.3, 0.4) is 0 Å². The summed E-state index contributed by atoms with van der Waals surface area (Å²) in [5, 5.41) is 9.15. The van der Waals surface area contributed by atoms with Crippen LogP contribution < -0.4 is 4.90 Å². The van der Waals surface area contributed by atoms with E-state index in [9.17, 15) is 17.2 Å². The van der Waals surface area contributed by atoms with E-state index in [2.05, 4.69) is 10.2 Å². The first-order valence-electron chi connectivity index (χ1n) is 10.1. The third kappa shape index (κ3) is 5.28. The van der Waals surface area contributed by atoms with Gasteiger partial charge in [-0.25, -0.2) is 17.2 Å². The molecule has 0 aliphatic carbocycles. The van der Waals surface area contributed by atoms with Crippen molar-refractivity contribution in [2.45, 2.75) is 16.5 Å². The summed E-state index contributed by atoms with van der Waals surface area (Å²) < 4.78 is 59.1. The topological polar surface area (TPSA) is 77.3 Å². The Kier molecular flexibility index (Phi) is 7.07. The molecular formula is C21H22F2N4O3S2. The smallest absolute Gasteiger partial charge is 0.232 e. The number of hydrogen-bond acceptors (Lipinski definition) is 7. The minimum atomic E-state index is -3.51. The van der Waals surface area contributed by atoms with Gasteiger partial charge in [-0.15, -0.1) is 10.2 Å². The second kappa shape index (κ2) is 9.97. The zero-order valence-electron chi connectivity index (χ0n) is 17.2. The lowest BCUT2D eigenvalue weighted by molar-refractivity contribution is 0.122. The van der Waals surface area contributed by atoms with E-state index in [0.717, 1.165) is 12.1 Å². The minimum Gasteiger partial charge on any atom is -0.378 e. The van der Waals surface area contributed by atoms with Gasteiger partial charge in [-0.05, 0) is 48.9 Å². The maximum atomic E-state index is 13.9. The number of nitrogens with zero attached hydrogens (tertiary/aromatic N) is 4. The van der Waals surface area contributed by atoms with Crippen LogP contribution in [0.2, 0.25) is 0 Å². The number of morpholine rings is 1. The summed E-state index contributed by atoms with van der Waals surface area (Å²) in [6, 6.07) is 11.0. The van der Waals surface area contributed by atoms with Crippen molar-refractivity contribution in [2.24, 2.45) is 0 Å². The molecule has 7 nitrogen and oxygen atoms in total. The maximum Gasteiger partial charge on any atom is 0.232 e. The van der Waals surface area contributed by atoms with Crippen LogP contribution in [0.4, 0.5) is 14.7 Å². The quantitative estimate of drug-likeness (QED) is 0.278. The number of rotatable bonds is 8. The van der Waals surface area contributed by atoms with Crippen LogP contribution in [0.25, 0.3) is 5.69 Å². The van der Waals surface area contributed by atoms with Crippen LogP contribution in [0.15, 0.2) is 58.6 Å². The molecule has 11 heteroatoms. The Morgan fingerprint density at radius 3 is 2.47 bits per heavy atom. The van der Waals surface area contributed by atoms with Gasteiger partial charge in [0, 0.05) is 18.8 Å². The van der Waals surface area contributed by atoms with Crippen LogP contribution in [0.1, 0.15) is 6.42 Å². The fourth-order valence-electron chi connectivity index (χ4n) is 3.34. The molecule has 1 fully saturated rings. The van der Waals surface area contributed by atoms with E-state index in [1.54, 1.807) is 16.7 Å². The molecule has 32 heavy (non-hydrogen) atoms. The van der Waals surface area contributed by atoms with E-state index >= 15 is 0 Å². The summed E-state index contributed by atoms with van der Waals surface area (Å²) in [5.74, 6) is 0.144. The molecule has 1 aliphatic heterocycles. The molecular weight excluding hydrogens is 458 g/mol. The first kappa shape index (κ1) is 22.7. The van der Waals surface area contributed by atoms with Gasteiger partial charge in [-0.1, -0.05) is 17.8 Å². The summed E-state index contributed by atoms with van der Waals surface area (Å²) >= 11 is 1.36. The Morgan fingerprint density at radius 2 is 1.75 bits per heavy atom. The van der Waals surface area contributed by atoms with Gasteiger partial charge >= 0.3 is 0 Å². The number of benzene rings is 2. The standard InChI is InChI=1S/C21H22F2N4O3S2/c22-16-5-7-19(8-6-16)32(28,29)14-2-13-31-21-25-24-20(26-9-11-30-12-10-26)27(21)18-4-1-3-17(23)15-18/h1,3-8,15H,2,9-14H2. The predicted molar refractivity (Wildman–Crippen MR) is 118 cm³/mol. The Bertz CT molecular complexity index is 1160. The fraction of sp³-hybridized carbons (Fsp3) is 0.333. The molecule has 0 radical (unpaired) electrons. The first-order chi connectivity index (χ1) is 15.4. The predicted octanol–water partition coefficient (Wildman–Crippen LogP) is 3.34. The van der Waals surface area contributed by atoms with Crippen molar-refractivity contribution in [2.75, 3.05) is 42.7 Å². The van der Waals surface area contributed by atoms with Gasteiger partial charge in [0.25, 0.3) is 0 Å². The molecule has 0 saturated carbocycles. The Labute approximate surface area is 189 Å². The van der Waals surface area contributed by atoms with Crippen molar-refractivity contribution < 1.29 is 21.9 Å². The van der Waals surface area contributed by atoms with Crippen LogP contribution in [0, 0.1) is 11.6 Å². The van der Waals surface area contributed by atoms with Crippen LogP contribution >= 0.6 is 11.8 Å². The minimum absolute atomic E-state index is 0.0734. The molecule has 1 saturated heterocycles. The second-order valence-electron chi connectivity index (χ2n) is 7.17. The summed E-state index contributed by atoms with van der Waals surface area (Å²) in [6.07, 6.45) is 0.368. The maximum absolute atomic E-state index is 13.9. The van der Waals surface area contributed by atoms with Crippen LogP contribution in [0.5, 0.6) is 0 Å². The SMILES string of the molecule is O=S(=O)(CCCSc1nnc(N2CCOCC2)n1-c1cccc(F)c1)c1ccc(F)cc1. The zero-order chi connectivity index (χ0) is 22.6. The molecule has 1 aliphatic rings. The largest absolute Gasteiger partial charge is 0.378 e. The Balaban J connectivity index is 1.48. The normalized spacial score (nSPS) is 14.6. The summed E-state index contributed by atoms with van der Waals surface area (Å²) in [4.78, 5) is 2.13. The van der Waals surface area contributed by atoms with Gasteiger partial charge in [0.05, 0.1) is 29.5 Å². The van der Waals surface area contributed by atoms with E-state index in [1.165, 1.54) is 36.0 Å². The summed E-state index contributed by atoms with van der Waals surface area (Å²) in [6.45, 7) is 2.43. The molecule has 0 bridgehead atoms. The van der Waals surface area contributed by atoms with Gasteiger partial charge in [0.1, 0.15) is 11.6 Å². The Hall–Kier alpha value is -2.50. The third-order valence-electron chi connectivity index (χ3n) is 4.94. The fourth-order valence-corrected chi connectivity index (χ4v) is 5.72. The number of aromatic nitrogens is 3. The monoisotopic (exact) mass is 480 g/mol. The number of thioether (sulfide) groups is 1. The van der Waals surface area contributed by atoms with E-state index in [1.807, 2.05) is 4.90 Å². The van der Waals surface area contributed by atoms with Crippen LogP contribution in [-0.4, -0.2) is 61.0 Å². The molecule has 0 spiro atoms. The van der Waals surface area contributed by atoms with Crippen molar-refractivity contribution in [3.63, 3.8) is 0 Å². The van der Waals surface area contributed by atoms with E-state index in [0.29, 0.717) is 55.3 Å². The third-order valence-corrected chi connectivity index (χ3v) is 7.77. The van der Waals surface area contributed by atoms with Gasteiger partial charge < -0.3 is 9.64 Å². The highest BCUT2D eigenvalue weighted by molar-refractivity contribution is 7.99. The number of anilines is 1. The van der Waals surface area contributed by atoms with Gasteiger partial charge in [-0.3, -0.25) is 4.57 Å². The number of sulfone groups is 1. The first-order valence-corrected chi connectivity index (χ1v) is 12.7. The second-order valence-corrected chi connectivity index (χ2v) is 10.3. The van der Waals surface area contributed by atoms with E-state index < -0.39 is 15.7 Å². The van der Waals surface area contributed by atoms with Crippen molar-refractivity contribution >= 4 is 27.5 Å². The number of hydrogen-bond donors (Lipinski definition) is 0. The van der Waals surface area contributed by atoms with Crippen molar-refractivity contribution in [1.29, 1.82) is 0 Å². The molecule has 0 N–H and O–H groups in total. The molecule has 3 aromatic rings. The highest BCUT2D eigenvalue weighted by Crippen LogP contribution is 2.28. The van der Waals surface area contributed by atoms with Crippen molar-refractivity contribution in [1.82, 2.24) is 14.8 Å². The van der Waals surface area contributed by atoms with Gasteiger partial charge in [-0.2, -0.15) is 0 Å². The molecule has 170 valence electrons. The van der Waals surface area contributed by atoms with E-state index in [4.69, 9.17) is 4.74 Å². The van der Waals surface area contributed by atoms with Crippen LogP contribution in [-0.2, 0) is 14.6 Å². The lowest BCUT2D eigenvalue weighted by Crippen LogP contribution is -2.37. The Morgan fingerprint density at radius 1 is 1.00 bits per heavy atom. The molecule has 1 aromatic heterocycles. The van der Waals surface area contributed by atoms with Gasteiger partial charge in [0.15, 0.2) is 15.0 Å². The molecule has 0 unspecified atom stereocenters. The van der Waals surface area contributed by atoms with E-state index in [-0.39, 0.29) is 16.5 Å². The van der Waals surface area contributed by atoms with Crippen molar-refractivity contribution in [3.05, 3.63) is 60.2 Å². The lowest BCUT2D eigenvalue weighted by Gasteiger charge is -2.27. The molecule has 2 aromatic carbocycles. The average Bonchev–Trinajstić information content (AvgIpc) is 3.21. The van der Waals surface area contributed by atoms with Gasteiger partial charge in [0.2, 0.25) is 5.95 Å². The average molecular weight is 481 g/mol. The lowest BCUT2D eigenvalue weighted by atomic mass is 10.3. The molecule has 0 amide bonds. The molecule has 2 heterocycles. The summed E-state index contributed by atoms with van der Waals surface area (Å²) in [7, 11) is -3.51. The zero-order valence-corrected chi connectivity index (χ0v) is 18.8. The highest BCUT2D eigenvalue weighted by Gasteiger charge is 2.22. The molecule has 0 atom stereocenters. The van der Waals surface area contributed by atoms with Crippen molar-refractivity contribution in [3.8, 4) is 5.69 Å². The molecule has 4 rings (SSSR count).